The van der Waals surface area contributed by atoms with E-state index in [0.29, 0.717) is 16.9 Å². The van der Waals surface area contributed by atoms with Crippen LogP contribution in [0.25, 0.3) is 0 Å². The number of non-ortho nitro benzene ring substituents is 1. The van der Waals surface area contributed by atoms with Crippen LogP contribution < -0.4 is 5.43 Å². The van der Waals surface area contributed by atoms with Crippen LogP contribution in [0.5, 0.6) is 0 Å². The summed E-state index contributed by atoms with van der Waals surface area (Å²) in [5.41, 5.74) is 2.87. The molecule has 0 fully saturated rings. The molecule has 0 unspecified atom stereocenters. The lowest BCUT2D eigenvalue weighted by atomic mass is 10.2. The molecule has 0 atom stereocenters. The zero-order valence-corrected chi connectivity index (χ0v) is 11.6. The second-order valence-electron chi connectivity index (χ2n) is 4.05. The van der Waals surface area contributed by atoms with Gasteiger partial charge in [-0.25, -0.2) is 5.43 Å². The molecule has 0 spiro atoms. The van der Waals surface area contributed by atoms with Crippen LogP contribution in [0, 0.1) is 17.0 Å². The van der Waals surface area contributed by atoms with Gasteiger partial charge in [-0.15, -0.1) is 0 Å². The van der Waals surface area contributed by atoms with Crippen molar-refractivity contribution in [1.82, 2.24) is 5.43 Å². The Kier molecular flexibility index (Phi) is 4.34. The van der Waals surface area contributed by atoms with Gasteiger partial charge in [0, 0.05) is 22.7 Å². The highest BCUT2D eigenvalue weighted by atomic mass is 35.5. The van der Waals surface area contributed by atoms with Crippen molar-refractivity contribution < 1.29 is 14.1 Å². The van der Waals surface area contributed by atoms with Crippen LogP contribution in [0.1, 0.15) is 21.7 Å². The summed E-state index contributed by atoms with van der Waals surface area (Å²) in [6, 6.07) is 5.46. The number of benzene rings is 1. The van der Waals surface area contributed by atoms with Crippen molar-refractivity contribution >= 4 is 29.4 Å². The third-order valence-electron chi connectivity index (χ3n) is 2.66. The monoisotopic (exact) mass is 307 g/mol. The summed E-state index contributed by atoms with van der Waals surface area (Å²) in [5.74, 6) is 0.0233. The number of carbonyl (C=O) groups is 1. The van der Waals surface area contributed by atoms with E-state index in [1.165, 1.54) is 36.7 Å². The summed E-state index contributed by atoms with van der Waals surface area (Å²) in [4.78, 5) is 21.9. The Morgan fingerprint density at radius 3 is 2.86 bits per heavy atom. The van der Waals surface area contributed by atoms with Crippen molar-refractivity contribution in [3.05, 3.63) is 62.6 Å². The first kappa shape index (κ1) is 14.7. The van der Waals surface area contributed by atoms with E-state index in [1.807, 2.05) is 0 Å². The summed E-state index contributed by atoms with van der Waals surface area (Å²) in [6.07, 6.45) is 2.63. The van der Waals surface area contributed by atoms with Gasteiger partial charge >= 0.3 is 0 Å². The maximum atomic E-state index is 11.8. The number of carbonyl (C=O) groups excluding carboxylic acids is 1. The molecular formula is C13H10ClN3O4. The van der Waals surface area contributed by atoms with Crippen molar-refractivity contribution in [1.29, 1.82) is 0 Å². The smallest absolute Gasteiger partial charge is 0.274 e. The summed E-state index contributed by atoms with van der Waals surface area (Å²) >= 11 is 5.90. The van der Waals surface area contributed by atoms with E-state index in [-0.39, 0.29) is 10.7 Å². The number of hydrazone groups is 1. The average Bonchev–Trinajstić information content (AvgIpc) is 2.86. The number of nitrogens with one attached hydrogen (secondary N) is 1. The molecule has 0 saturated carbocycles. The van der Waals surface area contributed by atoms with Gasteiger partial charge in [-0.2, -0.15) is 5.10 Å². The standard InChI is InChI=1S/C13H10ClN3O4/c1-8-11(4-5-21-8)13(18)16-15-7-9-6-10(17(19)20)2-3-12(9)14/h2-7H,1H3,(H,16,18)/b15-7+. The minimum atomic E-state index is -0.541. The third kappa shape index (κ3) is 3.46. The van der Waals surface area contributed by atoms with Crippen LogP contribution >= 0.6 is 11.6 Å². The molecule has 0 aliphatic rings. The number of nitro benzene ring substituents is 1. The molecule has 21 heavy (non-hydrogen) atoms. The summed E-state index contributed by atoms with van der Waals surface area (Å²) in [6.45, 7) is 1.65. The number of furan rings is 1. The van der Waals surface area contributed by atoms with Crippen LogP contribution in [0.15, 0.2) is 40.0 Å². The third-order valence-corrected chi connectivity index (χ3v) is 3.01. The lowest BCUT2D eigenvalue weighted by Gasteiger charge is -1.99. The second kappa shape index (κ2) is 6.19. The Morgan fingerprint density at radius 2 is 2.24 bits per heavy atom. The fraction of sp³-hybridized carbons (Fsp3) is 0.0769. The molecule has 2 aromatic rings. The molecule has 108 valence electrons. The number of nitro groups is 1. The van der Waals surface area contributed by atoms with Crippen LogP contribution in [0.4, 0.5) is 5.69 Å². The number of aryl methyl sites for hydroxylation is 1. The molecule has 1 amide bonds. The molecule has 0 aliphatic carbocycles. The van der Waals surface area contributed by atoms with Crippen LogP contribution in [-0.4, -0.2) is 17.0 Å². The second-order valence-corrected chi connectivity index (χ2v) is 4.46. The topological polar surface area (TPSA) is 97.7 Å². The number of rotatable bonds is 4. The molecule has 1 aromatic heterocycles. The van der Waals surface area contributed by atoms with E-state index in [4.69, 9.17) is 16.0 Å². The van der Waals surface area contributed by atoms with Crippen molar-refractivity contribution in [3.63, 3.8) is 0 Å². The lowest BCUT2D eigenvalue weighted by Crippen LogP contribution is -2.17. The minimum absolute atomic E-state index is 0.113. The molecule has 8 heteroatoms. The van der Waals surface area contributed by atoms with Crippen LogP contribution in [0.2, 0.25) is 5.02 Å². The number of hydrogen-bond donors (Lipinski definition) is 1. The molecular weight excluding hydrogens is 298 g/mol. The predicted molar refractivity (Wildman–Crippen MR) is 76.6 cm³/mol. The maximum Gasteiger partial charge on any atom is 0.274 e. The SMILES string of the molecule is Cc1occc1C(=O)N/N=C/c1cc([N+](=O)[O-])ccc1Cl. The molecule has 2 rings (SSSR count). The molecule has 1 heterocycles. The van der Waals surface area contributed by atoms with E-state index < -0.39 is 10.8 Å². The summed E-state index contributed by atoms with van der Waals surface area (Å²) < 4.78 is 5.00. The maximum absolute atomic E-state index is 11.8. The molecule has 1 N–H and O–H groups in total. The van der Waals surface area contributed by atoms with Gasteiger partial charge in [0.15, 0.2) is 0 Å². The fourth-order valence-corrected chi connectivity index (χ4v) is 1.75. The largest absolute Gasteiger partial charge is 0.469 e. The van der Waals surface area contributed by atoms with Gasteiger partial charge < -0.3 is 4.42 Å². The summed E-state index contributed by atoms with van der Waals surface area (Å²) in [7, 11) is 0. The van der Waals surface area contributed by atoms with Crippen molar-refractivity contribution in [2.45, 2.75) is 6.92 Å². The van der Waals surface area contributed by atoms with Crippen LogP contribution in [0.3, 0.4) is 0 Å². The van der Waals surface area contributed by atoms with E-state index in [0.717, 1.165) is 0 Å². The Balaban J connectivity index is 2.11. The zero-order chi connectivity index (χ0) is 15.4. The van der Waals surface area contributed by atoms with Crippen molar-refractivity contribution in [3.8, 4) is 0 Å². The first-order valence-electron chi connectivity index (χ1n) is 5.80. The van der Waals surface area contributed by atoms with E-state index >= 15 is 0 Å². The summed E-state index contributed by atoms with van der Waals surface area (Å²) in [5, 5.41) is 14.7. The number of amides is 1. The van der Waals surface area contributed by atoms with E-state index in [9.17, 15) is 14.9 Å². The quantitative estimate of drug-likeness (QED) is 0.533. The first-order valence-corrected chi connectivity index (χ1v) is 6.18. The molecule has 0 saturated heterocycles. The molecule has 0 aliphatic heterocycles. The van der Waals surface area contributed by atoms with Gasteiger partial charge in [-0.3, -0.25) is 14.9 Å². The average molecular weight is 308 g/mol. The minimum Gasteiger partial charge on any atom is -0.469 e. The highest BCUT2D eigenvalue weighted by molar-refractivity contribution is 6.33. The Bertz CT molecular complexity index is 724. The Labute approximate surface area is 124 Å². The first-order chi connectivity index (χ1) is 9.99. The van der Waals surface area contributed by atoms with Gasteiger partial charge in [0.2, 0.25) is 0 Å². The normalized spacial score (nSPS) is 10.8. The van der Waals surface area contributed by atoms with Gasteiger partial charge in [-0.1, -0.05) is 11.6 Å². The highest BCUT2D eigenvalue weighted by Gasteiger charge is 2.11. The van der Waals surface area contributed by atoms with E-state index in [1.54, 1.807) is 6.92 Å². The molecule has 0 radical (unpaired) electrons. The lowest BCUT2D eigenvalue weighted by molar-refractivity contribution is -0.384. The Morgan fingerprint density at radius 1 is 1.48 bits per heavy atom. The van der Waals surface area contributed by atoms with Gasteiger partial charge in [0.25, 0.3) is 11.6 Å². The molecule has 7 nitrogen and oxygen atoms in total. The number of halogens is 1. The van der Waals surface area contributed by atoms with Gasteiger partial charge in [0.1, 0.15) is 5.76 Å². The van der Waals surface area contributed by atoms with Gasteiger partial charge in [0.05, 0.1) is 23.0 Å². The van der Waals surface area contributed by atoms with Crippen molar-refractivity contribution in [2.24, 2.45) is 5.10 Å². The Hall–Kier alpha value is -2.67. The number of nitrogens with zero attached hydrogens (tertiary/aromatic N) is 2. The molecule has 0 bridgehead atoms. The molecule has 1 aromatic carbocycles. The fourth-order valence-electron chi connectivity index (χ4n) is 1.58. The van der Waals surface area contributed by atoms with E-state index in [2.05, 4.69) is 10.5 Å². The number of hydrogen-bond acceptors (Lipinski definition) is 5. The van der Waals surface area contributed by atoms with Crippen LogP contribution in [-0.2, 0) is 0 Å². The predicted octanol–water partition coefficient (Wildman–Crippen LogP) is 2.91. The zero-order valence-electron chi connectivity index (χ0n) is 10.9. The highest BCUT2D eigenvalue weighted by Crippen LogP contribution is 2.20. The van der Waals surface area contributed by atoms with Gasteiger partial charge in [-0.05, 0) is 19.1 Å². The van der Waals surface area contributed by atoms with Crippen molar-refractivity contribution in [2.75, 3.05) is 0 Å².